The van der Waals surface area contributed by atoms with Crippen LogP contribution in [-0.2, 0) is 0 Å². The molecule has 0 saturated heterocycles. The minimum Gasteiger partial charge on any atom is -0.494 e. The van der Waals surface area contributed by atoms with Crippen LogP contribution >= 0.6 is 23.8 Å². The molecule has 3 nitrogen and oxygen atoms in total. The molecule has 2 rings (SSSR count). The van der Waals surface area contributed by atoms with Gasteiger partial charge in [0.15, 0.2) is 5.11 Å². The minimum atomic E-state index is 0.532. The van der Waals surface area contributed by atoms with Crippen molar-refractivity contribution >= 4 is 40.3 Å². The molecule has 0 amide bonds. The van der Waals surface area contributed by atoms with E-state index in [1.165, 1.54) is 0 Å². The second kappa shape index (κ2) is 7.29. The number of rotatable bonds is 4. The van der Waals surface area contributed by atoms with Crippen LogP contribution in [0.25, 0.3) is 0 Å². The summed E-state index contributed by atoms with van der Waals surface area (Å²) in [5.74, 6) is 0.843. The predicted octanol–water partition coefficient (Wildman–Crippen LogP) is 4.86. The highest BCUT2D eigenvalue weighted by atomic mass is 35.5. The third kappa shape index (κ3) is 4.62. The van der Waals surface area contributed by atoms with Gasteiger partial charge in [-0.15, -0.1) is 0 Å². The largest absolute Gasteiger partial charge is 0.494 e. The smallest absolute Gasteiger partial charge is 0.175 e. The van der Waals surface area contributed by atoms with E-state index in [-0.39, 0.29) is 0 Å². The first-order chi connectivity index (χ1) is 10.1. The van der Waals surface area contributed by atoms with Gasteiger partial charge >= 0.3 is 0 Å². The third-order valence-electron chi connectivity index (χ3n) is 2.86. The Morgan fingerprint density at radius 2 is 1.86 bits per heavy atom. The molecule has 0 saturated carbocycles. The summed E-state index contributed by atoms with van der Waals surface area (Å²) in [4.78, 5) is 0. The van der Waals surface area contributed by atoms with Crippen LogP contribution in [0.2, 0.25) is 5.02 Å². The summed E-state index contributed by atoms with van der Waals surface area (Å²) >= 11 is 11.2. The average molecular weight is 321 g/mol. The highest BCUT2D eigenvalue weighted by Gasteiger charge is 2.03. The molecule has 0 atom stereocenters. The molecule has 0 aliphatic rings. The van der Waals surface area contributed by atoms with Crippen molar-refractivity contribution in [2.24, 2.45) is 0 Å². The predicted molar refractivity (Wildman–Crippen MR) is 93.6 cm³/mol. The van der Waals surface area contributed by atoms with Crippen molar-refractivity contribution in [3.05, 3.63) is 53.1 Å². The van der Waals surface area contributed by atoms with Crippen molar-refractivity contribution in [2.45, 2.75) is 13.8 Å². The van der Waals surface area contributed by atoms with E-state index < -0.39 is 0 Å². The Kier molecular flexibility index (Phi) is 5.42. The molecule has 2 aromatic rings. The second-order valence-corrected chi connectivity index (χ2v) is 5.34. The molecule has 110 valence electrons. The maximum atomic E-state index is 5.94. The zero-order valence-electron chi connectivity index (χ0n) is 11.9. The standard InChI is InChI=1S/C16H17ClN2OS/c1-3-20-14-7-5-13(6-8-14)18-16(21)19-15-9-4-12(17)10-11(15)2/h4-10H,3H2,1-2H3,(H2,18,19,21). The van der Waals surface area contributed by atoms with Crippen LogP contribution in [0.1, 0.15) is 12.5 Å². The van der Waals surface area contributed by atoms with Crippen LogP contribution in [0.4, 0.5) is 11.4 Å². The van der Waals surface area contributed by atoms with Crippen LogP contribution in [0.15, 0.2) is 42.5 Å². The zero-order chi connectivity index (χ0) is 15.2. The van der Waals surface area contributed by atoms with Crippen molar-refractivity contribution in [3.8, 4) is 5.75 Å². The normalized spacial score (nSPS) is 10.0. The number of thiocarbonyl (C=S) groups is 1. The average Bonchev–Trinajstić information content (AvgIpc) is 2.44. The summed E-state index contributed by atoms with van der Waals surface area (Å²) in [6, 6.07) is 13.3. The quantitative estimate of drug-likeness (QED) is 0.788. The molecule has 0 unspecified atom stereocenters. The van der Waals surface area contributed by atoms with Crippen LogP contribution in [-0.4, -0.2) is 11.7 Å². The van der Waals surface area contributed by atoms with Gasteiger partial charge in [-0.3, -0.25) is 0 Å². The van der Waals surface area contributed by atoms with Gasteiger partial charge in [0.1, 0.15) is 5.75 Å². The summed E-state index contributed by atoms with van der Waals surface area (Å²) < 4.78 is 5.40. The zero-order valence-corrected chi connectivity index (χ0v) is 13.5. The Bertz CT molecular complexity index is 629. The van der Waals surface area contributed by atoms with E-state index in [1.807, 2.05) is 56.3 Å². The van der Waals surface area contributed by atoms with Gasteiger partial charge in [0.25, 0.3) is 0 Å². The van der Waals surface area contributed by atoms with E-state index >= 15 is 0 Å². The van der Waals surface area contributed by atoms with E-state index in [2.05, 4.69) is 10.6 Å². The molecule has 0 bridgehead atoms. The summed E-state index contributed by atoms with van der Waals surface area (Å²) in [5, 5.41) is 7.53. The van der Waals surface area contributed by atoms with Crippen LogP contribution < -0.4 is 15.4 Å². The van der Waals surface area contributed by atoms with Gasteiger partial charge in [0.05, 0.1) is 6.61 Å². The second-order valence-electron chi connectivity index (χ2n) is 4.50. The number of aryl methyl sites for hydroxylation is 1. The van der Waals surface area contributed by atoms with Gasteiger partial charge < -0.3 is 15.4 Å². The lowest BCUT2D eigenvalue weighted by molar-refractivity contribution is 0.340. The van der Waals surface area contributed by atoms with Crippen molar-refractivity contribution in [1.82, 2.24) is 0 Å². The lowest BCUT2D eigenvalue weighted by Crippen LogP contribution is -2.19. The van der Waals surface area contributed by atoms with Crippen LogP contribution in [0.5, 0.6) is 5.75 Å². The van der Waals surface area contributed by atoms with Crippen molar-refractivity contribution in [2.75, 3.05) is 17.2 Å². The Balaban J connectivity index is 1.98. The number of halogens is 1. The molecule has 0 radical (unpaired) electrons. The molecule has 21 heavy (non-hydrogen) atoms. The highest BCUT2D eigenvalue weighted by Crippen LogP contribution is 2.20. The van der Waals surface area contributed by atoms with E-state index in [1.54, 1.807) is 0 Å². The topological polar surface area (TPSA) is 33.3 Å². The number of anilines is 2. The fourth-order valence-corrected chi connectivity index (χ4v) is 2.31. The molecule has 5 heteroatoms. The molecule has 0 aromatic heterocycles. The maximum Gasteiger partial charge on any atom is 0.175 e. The van der Waals surface area contributed by atoms with Gasteiger partial charge in [-0.1, -0.05) is 11.6 Å². The monoisotopic (exact) mass is 320 g/mol. The highest BCUT2D eigenvalue weighted by molar-refractivity contribution is 7.80. The fraction of sp³-hybridized carbons (Fsp3) is 0.188. The lowest BCUT2D eigenvalue weighted by Gasteiger charge is -2.13. The lowest BCUT2D eigenvalue weighted by atomic mass is 10.2. The molecule has 0 fully saturated rings. The third-order valence-corrected chi connectivity index (χ3v) is 3.30. The Labute approximate surface area is 135 Å². The number of ether oxygens (including phenoxy) is 1. The van der Waals surface area contributed by atoms with Crippen molar-refractivity contribution in [1.29, 1.82) is 0 Å². The molecular weight excluding hydrogens is 304 g/mol. The van der Waals surface area contributed by atoms with Gasteiger partial charge in [0.2, 0.25) is 0 Å². The fourth-order valence-electron chi connectivity index (χ4n) is 1.85. The van der Waals surface area contributed by atoms with Crippen LogP contribution in [0, 0.1) is 6.92 Å². The summed E-state index contributed by atoms with van der Waals surface area (Å²) in [5.41, 5.74) is 2.88. The van der Waals surface area contributed by atoms with E-state index in [4.69, 9.17) is 28.6 Å². The van der Waals surface area contributed by atoms with E-state index in [9.17, 15) is 0 Å². The summed E-state index contributed by atoms with van der Waals surface area (Å²) in [6.07, 6.45) is 0. The molecule has 0 aliphatic heterocycles. The molecule has 0 heterocycles. The maximum absolute atomic E-state index is 5.94. The Morgan fingerprint density at radius 1 is 1.14 bits per heavy atom. The summed E-state index contributed by atoms with van der Waals surface area (Å²) in [6.45, 7) is 4.59. The molecule has 2 N–H and O–H groups in total. The molecule has 0 aliphatic carbocycles. The summed E-state index contributed by atoms with van der Waals surface area (Å²) in [7, 11) is 0. The van der Waals surface area contributed by atoms with Gasteiger partial charge in [-0.2, -0.15) is 0 Å². The number of hydrogen-bond donors (Lipinski definition) is 2. The molecule has 2 aromatic carbocycles. The number of nitrogens with one attached hydrogen (secondary N) is 2. The van der Waals surface area contributed by atoms with E-state index in [0.29, 0.717) is 16.7 Å². The molecule has 0 spiro atoms. The SMILES string of the molecule is CCOc1ccc(NC(=S)Nc2ccc(Cl)cc2C)cc1. The van der Waals surface area contributed by atoms with Gasteiger partial charge in [-0.25, -0.2) is 0 Å². The van der Waals surface area contributed by atoms with Gasteiger partial charge in [-0.05, 0) is 74.1 Å². The Morgan fingerprint density at radius 3 is 2.48 bits per heavy atom. The first-order valence-corrected chi connectivity index (χ1v) is 7.44. The van der Waals surface area contributed by atoms with Crippen LogP contribution in [0.3, 0.4) is 0 Å². The molecular formula is C16H17ClN2OS. The van der Waals surface area contributed by atoms with Crippen molar-refractivity contribution in [3.63, 3.8) is 0 Å². The number of benzene rings is 2. The van der Waals surface area contributed by atoms with Crippen molar-refractivity contribution < 1.29 is 4.74 Å². The Hall–Kier alpha value is -1.78. The first kappa shape index (κ1) is 15.6. The minimum absolute atomic E-state index is 0.532. The number of hydrogen-bond acceptors (Lipinski definition) is 2. The van der Waals surface area contributed by atoms with Gasteiger partial charge in [0, 0.05) is 16.4 Å². The first-order valence-electron chi connectivity index (χ1n) is 6.65. The van der Waals surface area contributed by atoms with E-state index in [0.717, 1.165) is 22.7 Å².